The minimum absolute atomic E-state index is 0.511. The van der Waals surface area contributed by atoms with Crippen molar-refractivity contribution in [2.75, 3.05) is 0 Å². The van der Waals surface area contributed by atoms with Crippen LogP contribution in [0.25, 0.3) is 28.2 Å². The van der Waals surface area contributed by atoms with Gasteiger partial charge in [-0.3, -0.25) is 0 Å². The Morgan fingerprint density at radius 1 is 0.704 bits per heavy atom. The Morgan fingerprint density at radius 2 is 1.37 bits per heavy atom. The van der Waals surface area contributed by atoms with Crippen molar-refractivity contribution in [2.45, 2.75) is 13.8 Å². The van der Waals surface area contributed by atoms with Crippen molar-refractivity contribution in [1.82, 2.24) is 9.78 Å². The van der Waals surface area contributed by atoms with E-state index in [2.05, 4.69) is 68.4 Å². The van der Waals surface area contributed by atoms with Crippen LogP contribution >= 0.6 is 23.2 Å². The molecule has 0 spiro atoms. The number of halogens is 2. The molecule has 0 bridgehead atoms. The summed E-state index contributed by atoms with van der Waals surface area (Å²) >= 11 is 12.4. The molecule has 0 radical (unpaired) electrons. The van der Waals surface area contributed by atoms with Crippen LogP contribution in [0.2, 0.25) is 10.0 Å². The molecule has 0 saturated heterocycles. The summed E-state index contributed by atoms with van der Waals surface area (Å²) in [4.78, 5) is 0. The monoisotopic (exact) mass is 392 g/mol. The van der Waals surface area contributed by atoms with E-state index in [1.807, 2.05) is 16.8 Å². The second-order valence-electron chi connectivity index (χ2n) is 6.66. The Balaban J connectivity index is 1.93. The van der Waals surface area contributed by atoms with E-state index in [4.69, 9.17) is 28.3 Å². The van der Waals surface area contributed by atoms with Crippen LogP contribution in [0.5, 0.6) is 0 Å². The van der Waals surface area contributed by atoms with Gasteiger partial charge in [0, 0.05) is 11.1 Å². The van der Waals surface area contributed by atoms with Gasteiger partial charge in [-0.15, -0.1) is 0 Å². The summed E-state index contributed by atoms with van der Waals surface area (Å²) in [6, 6.07) is 24.4. The second kappa shape index (κ2) is 7.22. The lowest BCUT2D eigenvalue weighted by Gasteiger charge is -2.09. The lowest BCUT2D eigenvalue weighted by molar-refractivity contribution is 0.892. The van der Waals surface area contributed by atoms with Gasteiger partial charge in [0.2, 0.25) is 0 Å². The number of hydrogen-bond donors (Lipinski definition) is 0. The van der Waals surface area contributed by atoms with Crippen LogP contribution in [0.4, 0.5) is 0 Å². The van der Waals surface area contributed by atoms with Gasteiger partial charge in [-0.2, -0.15) is 5.10 Å². The Bertz CT molecular complexity index is 1130. The largest absolute Gasteiger partial charge is 0.232 e. The fourth-order valence-electron chi connectivity index (χ4n) is 3.15. The molecule has 0 saturated carbocycles. The minimum Gasteiger partial charge on any atom is -0.232 e. The van der Waals surface area contributed by atoms with E-state index in [1.54, 1.807) is 6.07 Å². The SMILES string of the molecule is Cc1cccc(-c2cc(-c3cccc(C)c3)n(-c3ccc(Cl)c(Cl)c3)n2)c1. The third-order valence-electron chi connectivity index (χ3n) is 4.48. The third kappa shape index (κ3) is 3.64. The fraction of sp³-hybridized carbons (Fsp3) is 0.0870. The Kier molecular flexibility index (Phi) is 4.77. The highest BCUT2D eigenvalue weighted by Crippen LogP contribution is 2.31. The fourth-order valence-corrected chi connectivity index (χ4v) is 3.44. The molecule has 0 N–H and O–H groups in total. The van der Waals surface area contributed by atoms with Gasteiger partial charge in [-0.1, -0.05) is 70.7 Å². The molecule has 4 rings (SSSR count). The van der Waals surface area contributed by atoms with Crippen LogP contribution in [0.1, 0.15) is 11.1 Å². The molecule has 27 heavy (non-hydrogen) atoms. The van der Waals surface area contributed by atoms with Crippen molar-refractivity contribution >= 4 is 23.2 Å². The van der Waals surface area contributed by atoms with Crippen molar-refractivity contribution < 1.29 is 0 Å². The molecule has 4 heteroatoms. The van der Waals surface area contributed by atoms with Crippen molar-refractivity contribution in [2.24, 2.45) is 0 Å². The van der Waals surface area contributed by atoms with Gasteiger partial charge in [-0.05, 0) is 50.2 Å². The maximum Gasteiger partial charge on any atom is 0.0934 e. The number of nitrogens with zero attached hydrogens (tertiary/aromatic N) is 2. The molecule has 0 atom stereocenters. The molecule has 0 unspecified atom stereocenters. The third-order valence-corrected chi connectivity index (χ3v) is 5.22. The van der Waals surface area contributed by atoms with Crippen molar-refractivity contribution in [3.63, 3.8) is 0 Å². The molecule has 134 valence electrons. The summed E-state index contributed by atoms with van der Waals surface area (Å²) in [6.45, 7) is 4.17. The number of rotatable bonds is 3. The maximum atomic E-state index is 6.26. The average Bonchev–Trinajstić information content (AvgIpc) is 3.09. The Labute approximate surface area is 169 Å². The first-order valence-electron chi connectivity index (χ1n) is 8.71. The summed E-state index contributed by atoms with van der Waals surface area (Å²) in [7, 11) is 0. The standard InChI is InChI=1S/C23H18Cl2N2/c1-15-5-3-7-17(11-15)22-14-23(18-8-4-6-16(2)12-18)27(26-22)19-9-10-20(24)21(25)13-19/h3-14H,1-2H3. The van der Waals surface area contributed by atoms with Gasteiger partial charge in [-0.25, -0.2) is 4.68 Å². The molecule has 3 aromatic carbocycles. The maximum absolute atomic E-state index is 6.26. The first-order valence-corrected chi connectivity index (χ1v) is 9.46. The topological polar surface area (TPSA) is 17.8 Å². The van der Waals surface area contributed by atoms with Gasteiger partial charge in [0.1, 0.15) is 0 Å². The normalized spacial score (nSPS) is 11.0. The highest BCUT2D eigenvalue weighted by Gasteiger charge is 2.14. The Morgan fingerprint density at radius 3 is 2.04 bits per heavy atom. The van der Waals surface area contributed by atoms with Gasteiger partial charge in [0.25, 0.3) is 0 Å². The minimum atomic E-state index is 0.511. The first kappa shape index (κ1) is 17.8. The highest BCUT2D eigenvalue weighted by molar-refractivity contribution is 6.42. The molecule has 0 aliphatic carbocycles. The van der Waals surface area contributed by atoms with Crippen LogP contribution in [-0.4, -0.2) is 9.78 Å². The van der Waals surface area contributed by atoms with E-state index in [-0.39, 0.29) is 0 Å². The van der Waals surface area contributed by atoms with E-state index < -0.39 is 0 Å². The number of hydrogen-bond acceptors (Lipinski definition) is 1. The highest BCUT2D eigenvalue weighted by atomic mass is 35.5. The summed E-state index contributed by atoms with van der Waals surface area (Å²) in [5, 5.41) is 5.93. The van der Waals surface area contributed by atoms with Gasteiger partial charge in [0.05, 0.1) is 27.1 Å². The summed E-state index contributed by atoms with van der Waals surface area (Å²) in [6.07, 6.45) is 0. The van der Waals surface area contributed by atoms with Gasteiger partial charge < -0.3 is 0 Å². The van der Waals surface area contributed by atoms with E-state index in [0.717, 1.165) is 28.2 Å². The zero-order chi connectivity index (χ0) is 19.0. The summed E-state index contributed by atoms with van der Waals surface area (Å²) in [5.41, 5.74) is 7.39. The van der Waals surface area contributed by atoms with Crippen LogP contribution in [-0.2, 0) is 0 Å². The lowest BCUT2D eigenvalue weighted by Crippen LogP contribution is -1.99. The molecule has 0 amide bonds. The lowest BCUT2D eigenvalue weighted by atomic mass is 10.1. The second-order valence-corrected chi connectivity index (χ2v) is 7.48. The predicted molar refractivity (Wildman–Crippen MR) is 114 cm³/mol. The zero-order valence-corrected chi connectivity index (χ0v) is 16.6. The number of aryl methyl sites for hydroxylation is 2. The zero-order valence-electron chi connectivity index (χ0n) is 15.1. The molecule has 0 aliphatic rings. The van der Waals surface area contributed by atoms with Crippen molar-refractivity contribution in [3.05, 3.63) is 94.0 Å². The van der Waals surface area contributed by atoms with E-state index >= 15 is 0 Å². The van der Waals surface area contributed by atoms with E-state index in [1.165, 1.54) is 11.1 Å². The van der Waals surface area contributed by atoms with Crippen LogP contribution < -0.4 is 0 Å². The van der Waals surface area contributed by atoms with Gasteiger partial charge in [0.15, 0.2) is 0 Å². The summed E-state index contributed by atoms with van der Waals surface area (Å²) < 4.78 is 1.93. The van der Waals surface area contributed by atoms with Crippen molar-refractivity contribution in [3.8, 4) is 28.2 Å². The molecule has 4 aromatic rings. The average molecular weight is 393 g/mol. The molecular weight excluding hydrogens is 375 g/mol. The van der Waals surface area contributed by atoms with E-state index in [9.17, 15) is 0 Å². The smallest absolute Gasteiger partial charge is 0.0934 e. The quantitative estimate of drug-likeness (QED) is 0.362. The summed E-state index contributed by atoms with van der Waals surface area (Å²) in [5.74, 6) is 0. The molecule has 0 aliphatic heterocycles. The molecule has 2 nitrogen and oxygen atoms in total. The molecule has 1 aromatic heterocycles. The molecule has 1 heterocycles. The number of aromatic nitrogens is 2. The first-order chi connectivity index (χ1) is 13.0. The number of benzene rings is 3. The van der Waals surface area contributed by atoms with Crippen LogP contribution in [0, 0.1) is 13.8 Å². The van der Waals surface area contributed by atoms with E-state index in [0.29, 0.717) is 10.0 Å². The van der Waals surface area contributed by atoms with Crippen molar-refractivity contribution in [1.29, 1.82) is 0 Å². The van der Waals surface area contributed by atoms with Crippen LogP contribution in [0.15, 0.2) is 72.8 Å². The Hall–Kier alpha value is -2.55. The van der Waals surface area contributed by atoms with Crippen LogP contribution in [0.3, 0.4) is 0 Å². The predicted octanol–water partition coefficient (Wildman–Crippen LogP) is 7.13. The molecule has 0 fully saturated rings. The van der Waals surface area contributed by atoms with Gasteiger partial charge >= 0.3 is 0 Å². The molecular formula is C23H18Cl2N2.